The van der Waals surface area contributed by atoms with Crippen molar-refractivity contribution in [3.63, 3.8) is 0 Å². The second-order valence-corrected chi connectivity index (χ2v) is 8.64. The maximum absolute atomic E-state index is 13.2. The first-order valence-electron chi connectivity index (χ1n) is 10.7. The average Bonchev–Trinajstić information content (AvgIpc) is 3.24. The Kier molecular flexibility index (Phi) is 6.43. The Balaban J connectivity index is 1.53. The zero-order valence-electron chi connectivity index (χ0n) is 18.0. The summed E-state index contributed by atoms with van der Waals surface area (Å²) in [5.41, 5.74) is 1.47. The summed E-state index contributed by atoms with van der Waals surface area (Å²) in [5, 5.41) is 14.1. The van der Waals surface area contributed by atoms with E-state index >= 15 is 0 Å². The fourth-order valence-corrected chi connectivity index (χ4v) is 4.54. The van der Waals surface area contributed by atoms with Crippen LogP contribution in [0.3, 0.4) is 0 Å². The van der Waals surface area contributed by atoms with Crippen molar-refractivity contribution in [1.29, 1.82) is 0 Å². The number of carbonyl (C=O) groups excluding carboxylic acids is 2. The van der Waals surface area contributed by atoms with Gasteiger partial charge < -0.3 is 20.3 Å². The number of aromatic nitrogens is 3. The number of hydrogen-bond donors (Lipinski definition) is 3. The number of nitrogens with one attached hydrogen (secondary N) is 2. The predicted octanol–water partition coefficient (Wildman–Crippen LogP) is 3.40. The molecule has 1 aliphatic carbocycles. The van der Waals surface area contributed by atoms with Crippen LogP contribution in [-0.2, 0) is 4.79 Å². The molecule has 3 N–H and O–H groups in total. The molecule has 4 rings (SSSR count). The monoisotopic (exact) mass is 455 g/mol. The Morgan fingerprint density at radius 3 is 2.59 bits per heavy atom. The lowest BCUT2D eigenvalue weighted by Crippen LogP contribution is -2.45. The molecule has 3 aromatic rings. The number of carbonyl (C=O) groups is 2. The number of hydrogen-bond acceptors (Lipinski definition) is 6. The highest BCUT2D eigenvalue weighted by atomic mass is 35.5. The smallest absolute Gasteiger partial charge is 0.251 e. The number of likely N-dealkylation sites (N-methyl/N-ethyl adjacent to an activating group) is 1. The van der Waals surface area contributed by atoms with E-state index in [-0.39, 0.29) is 23.8 Å². The zero-order valence-corrected chi connectivity index (χ0v) is 18.8. The topological polar surface area (TPSA) is 111 Å². The van der Waals surface area contributed by atoms with Crippen LogP contribution in [0.2, 0.25) is 5.02 Å². The molecule has 1 atom stereocenters. The molecule has 1 unspecified atom stereocenters. The Morgan fingerprint density at radius 1 is 1.19 bits per heavy atom. The third-order valence-corrected chi connectivity index (χ3v) is 6.45. The second-order valence-electron chi connectivity index (χ2n) is 8.23. The molecule has 0 saturated heterocycles. The first-order valence-corrected chi connectivity index (χ1v) is 11.1. The molecule has 0 aliphatic heterocycles. The molecule has 2 heterocycles. The molecule has 0 bridgehead atoms. The third-order valence-electron chi connectivity index (χ3n) is 6.12. The van der Waals surface area contributed by atoms with E-state index in [9.17, 15) is 14.7 Å². The van der Waals surface area contributed by atoms with Crippen molar-refractivity contribution in [2.75, 3.05) is 12.4 Å². The number of benzene rings is 1. The number of aliphatic hydroxyl groups is 1. The largest absolute Gasteiger partial charge is 0.384 e. The van der Waals surface area contributed by atoms with E-state index in [2.05, 4.69) is 20.3 Å². The van der Waals surface area contributed by atoms with Gasteiger partial charge in [-0.3, -0.25) is 9.59 Å². The first-order chi connectivity index (χ1) is 15.4. The minimum Gasteiger partial charge on any atom is -0.384 e. The van der Waals surface area contributed by atoms with Crippen LogP contribution in [0.25, 0.3) is 11.0 Å². The molecule has 1 aromatic carbocycles. The lowest BCUT2D eigenvalue weighted by atomic mass is 9.90. The normalized spacial score (nSPS) is 19.5. The van der Waals surface area contributed by atoms with Gasteiger partial charge in [-0.25, -0.2) is 9.97 Å². The predicted molar refractivity (Wildman–Crippen MR) is 123 cm³/mol. The van der Waals surface area contributed by atoms with Gasteiger partial charge >= 0.3 is 0 Å². The molecular weight excluding hydrogens is 430 g/mol. The minimum atomic E-state index is -0.993. The number of anilines is 1. The quantitative estimate of drug-likeness (QED) is 0.491. The molecule has 9 heteroatoms. The van der Waals surface area contributed by atoms with E-state index in [4.69, 9.17) is 11.6 Å². The summed E-state index contributed by atoms with van der Waals surface area (Å²) in [6.45, 7) is 1.49. The molecule has 32 heavy (non-hydrogen) atoms. The highest BCUT2D eigenvalue weighted by Gasteiger charge is 2.29. The van der Waals surface area contributed by atoms with Crippen molar-refractivity contribution >= 4 is 40.1 Å². The van der Waals surface area contributed by atoms with E-state index in [1.54, 1.807) is 42.4 Å². The zero-order chi connectivity index (χ0) is 22.8. The van der Waals surface area contributed by atoms with Crippen LogP contribution in [0.5, 0.6) is 0 Å². The molecule has 1 amide bonds. The Bertz CT molecular complexity index is 1140. The van der Waals surface area contributed by atoms with E-state index in [1.807, 2.05) is 0 Å². The van der Waals surface area contributed by atoms with Crippen LogP contribution in [-0.4, -0.2) is 61.9 Å². The molecule has 0 spiro atoms. The van der Waals surface area contributed by atoms with Crippen LogP contribution in [0.4, 0.5) is 5.82 Å². The van der Waals surface area contributed by atoms with E-state index in [1.165, 1.54) is 13.3 Å². The molecule has 1 aliphatic rings. The highest BCUT2D eigenvalue weighted by Crippen LogP contribution is 2.30. The van der Waals surface area contributed by atoms with Crippen molar-refractivity contribution in [3.8, 4) is 0 Å². The summed E-state index contributed by atoms with van der Waals surface area (Å²) in [6, 6.07) is 7.21. The highest BCUT2D eigenvalue weighted by molar-refractivity contribution is 6.35. The molecule has 168 valence electrons. The van der Waals surface area contributed by atoms with Crippen molar-refractivity contribution in [3.05, 3.63) is 52.9 Å². The number of ketones is 1. The number of aromatic amines is 1. The summed E-state index contributed by atoms with van der Waals surface area (Å²) < 4.78 is 0. The van der Waals surface area contributed by atoms with Gasteiger partial charge in [0.1, 0.15) is 23.9 Å². The van der Waals surface area contributed by atoms with Gasteiger partial charge in [-0.05, 0) is 44.7 Å². The SMILES string of the molecule is CC(O)C(=O)N(C)C1CCC(Nc2ncnc3[nH]cc(C(=O)c4ccccc4Cl)c23)CC1. The van der Waals surface area contributed by atoms with E-state index in [0.717, 1.165) is 25.7 Å². The molecule has 0 radical (unpaired) electrons. The Morgan fingerprint density at radius 2 is 1.91 bits per heavy atom. The summed E-state index contributed by atoms with van der Waals surface area (Å²) in [6.07, 6.45) is 5.43. The van der Waals surface area contributed by atoms with Gasteiger partial charge in [0.2, 0.25) is 0 Å². The standard InChI is InChI=1S/C23H26ClN5O3/c1-13(30)23(32)29(2)15-9-7-14(8-10-15)28-22-19-17(11-25-21(19)26-12-27-22)20(31)16-5-3-4-6-18(16)24/h3-6,11-15,30H,7-10H2,1-2H3,(H2,25,26,27,28). The van der Waals surface area contributed by atoms with Crippen molar-refractivity contribution in [2.45, 2.75) is 50.8 Å². The summed E-state index contributed by atoms with van der Waals surface area (Å²) in [4.78, 5) is 38.6. The van der Waals surface area contributed by atoms with E-state index < -0.39 is 6.10 Å². The number of halogens is 1. The first kappa shape index (κ1) is 22.2. The lowest BCUT2D eigenvalue weighted by Gasteiger charge is -2.35. The van der Waals surface area contributed by atoms with Gasteiger partial charge in [0, 0.05) is 30.9 Å². The van der Waals surface area contributed by atoms with Crippen molar-refractivity contribution in [1.82, 2.24) is 19.9 Å². The number of aliphatic hydroxyl groups excluding tert-OH is 1. The van der Waals surface area contributed by atoms with Gasteiger partial charge in [0.05, 0.1) is 16.0 Å². The van der Waals surface area contributed by atoms with E-state index in [0.29, 0.717) is 33.0 Å². The van der Waals surface area contributed by atoms with Gasteiger partial charge in [0.15, 0.2) is 5.78 Å². The maximum Gasteiger partial charge on any atom is 0.251 e. The minimum absolute atomic E-state index is 0.102. The molecular formula is C23H26ClN5O3. The average molecular weight is 456 g/mol. The van der Waals surface area contributed by atoms with Crippen molar-refractivity contribution in [2.24, 2.45) is 0 Å². The van der Waals surface area contributed by atoms with Crippen LogP contribution in [0.15, 0.2) is 36.8 Å². The summed E-state index contributed by atoms with van der Waals surface area (Å²) in [5.74, 6) is 0.152. The molecule has 1 saturated carbocycles. The molecule has 8 nitrogen and oxygen atoms in total. The Labute approximate surface area is 191 Å². The molecule has 2 aromatic heterocycles. The number of amides is 1. The van der Waals surface area contributed by atoms with Crippen molar-refractivity contribution < 1.29 is 14.7 Å². The number of fused-ring (bicyclic) bond motifs is 1. The number of H-pyrrole nitrogens is 1. The maximum atomic E-state index is 13.2. The van der Waals surface area contributed by atoms with Crippen LogP contribution in [0, 0.1) is 0 Å². The number of nitrogens with zero attached hydrogens (tertiary/aromatic N) is 3. The fraction of sp³-hybridized carbons (Fsp3) is 0.391. The van der Waals surface area contributed by atoms with Gasteiger partial charge in [-0.1, -0.05) is 23.7 Å². The Hall–Kier alpha value is -2.97. The number of rotatable bonds is 6. The molecule has 1 fully saturated rings. The second kappa shape index (κ2) is 9.26. The van der Waals surface area contributed by atoms with Gasteiger partial charge in [0.25, 0.3) is 5.91 Å². The third kappa shape index (κ3) is 4.33. The van der Waals surface area contributed by atoms with Crippen LogP contribution < -0.4 is 5.32 Å². The lowest BCUT2D eigenvalue weighted by molar-refractivity contribution is -0.140. The van der Waals surface area contributed by atoms with Crippen LogP contribution in [0.1, 0.15) is 48.5 Å². The summed E-state index contributed by atoms with van der Waals surface area (Å²) >= 11 is 6.24. The van der Waals surface area contributed by atoms with Gasteiger partial charge in [-0.15, -0.1) is 0 Å². The summed E-state index contributed by atoms with van der Waals surface area (Å²) in [7, 11) is 1.74. The fourth-order valence-electron chi connectivity index (χ4n) is 4.32. The van der Waals surface area contributed by atoms with Gasteiger partial charge in [-0.2, -0.15) is 0 Å². The van der Waals surface area contributed by atoms with Crippen LogP contribution >= 0.6 is 11.6 Å².